The molecule has 5 rings (SSSR count). The molecule has 3 N–H and O–H groups in total. The first-order valence-corrected chi connectivity index (χ1v) is 8.87. The Morgan fingerprint density at radius 3 is 2.75 bits per heavy atom. The van der Waals surface area contributed by atoms with Crippen molar-refractivity contribution in [1.29, 1.82) is 0 Å². The average molecular weight is 322 g/mol. The molecule has 2 aromatic rings. The molecule has 1 aromatic carbocycles. The lowest BCUT2D eigenvalue weighted by Gasteiger charge is -2.57. The summed E-state index contributed by atoms with van der Waals surface area (Å²) in [4.78, 5) is 2.40. The van der Waals surface area contributed by atoms with Crippen molar-refractivity contribution in [1.82, 2.24) is 10.2 Å². The highest BCUT2D eigenvalue weighted by Crippen LogP contribution is 2.60. The maximum absolute atomic E-state index is 10.1. The second kappa shape index (κ2) is 5.10. The van der Waals surface area contributed by atoms with Crippen molar-refractivity contribution in [3.05, 3.63) is 30.3 Å². The van der Waals surface area contributed by atoms with E-state index in [0.29, 0.717) is 17.1 Å². The van der Waals surface area contributed by atoms with Crippen molar-refractivity contribution in [2.24, 2.45) is 23.7 Å². The van der Waals surface area contributed by atoms with E-state index in [4.69, 9.17) is 5.73 Å². The number of rotatable bonds is 2. The molecule has 1 aromatic heterocycles. The summed E-state index contributed by atoms with van der Waals surface area (Å²) in [5.74, 6) is 4.41. The van der Waals surface area contributed by atoms with Crippen LogP contribution in [0.25, 0.3) is 11.3 Å². The molecule has 4 atom stereocenters. The Balaban J connectivity index is 1.49. The molecule has 2 aliphatic carbocycles. The van der Waals surface area contributed by atoms with Crippen molar-refractivity contribution in [3.63, 3.8) is 0 Å². The van der Waals surface area contributed by atoms with Gasteiger partial charge >= 0.3 is 0 Å². The van der Waals surface area contributed by atoms with E-state index in [-0.39, 0.29) is 5.75 Å². The van der Waals surface area contributed by atoms with Crippen LogP contribution in [0.4, 0.5) is 11.5 Å². The predicted octanol–water partition coefficient (Wildman–Crippen LogP) is 2.91. The summed E-state index contributed by atoms with van der Waals surface area (Å²) in [5.41, 5.74) is 8.49. The summed E-state index contributed by atoms with van der Waals surface area (Å²) in [6.45, 7) is 2.12. The number of para-hydroxylation sites is 1. The summed E-state index contributed by atoms with van der Waals surface area (Å²) in [5, 5.41) is 18.5. The Morgan fingerprint density at radius 2 is 1.92 bits per heavy atom. The van der Waals surface area contributed by atoms with Crippen LogP contribution in [0.2, 0.25) is 0 Å². The van der Waals surface area contributed by atoms with Crippen LogP contribution in [0.3, 0.4) is 0 Å². The van der Waals surface area contributed by atoms with Crippen LogP contribution < -0.4 is 10.6 Å². The molecule has 5 nitrogen and oxygen atoms in total. The fourth-order valence-electron chi connectivity index (χ4n) is 5.15. The van der Waals surface area contributed by atoms with Gasteiger partial charge in [-0.1, -0.05) is 12.1 Å². The average Bonchev–Trinajstić information content (AvgIpc) is 2.63. The number of aromatic nitrogens is 2. The number of anilines is 2. The zero-order chi connectivity index (χ0) is 16.3. The zero-order valence-corrected chi connectivity index (χ0v) is 13.6. The number of benzene rings is 1. The molecular weight excluding hydrogens is 300 g/mol. The number of nitrogen functional groups attached to an aromatic ring is 1. The second-order valence-corrected chi connectivity index (χ2v) is 7.58. The quantitative estimate of drug-likeness (QED) is 0.889. The van der Waals surface area contributed by atoms with Gasteiger partial charge in [0.1, 0.15) is 5.75 Å². The standard InChI is InChI=1S/C19H22N4O/c20-19-16(9-15(21-22-19)14-3-1-2-4-17(14)24)23-6-5-11-7-12-8-13(10-23)18(11)12/h1-4,9,11-13,18,24H,5-8,10H2,(H2,20,22). The highest BCUT2D eigenvalue weighted by atomic mass is 16.3. The lowest BCUT2D eigenvalue weighted by atomic mass is 9.48. The van der Waals surface area contributed by atoms with Gasteiger partial charge in [0.25, 0.3) is 0 Å². The van der Waals surface area contributed by atoms with E-state index < -0.39 is 0 Å². The smallest absolute Gasteiger partial charge is 0.169 e. The Morgan fingerprint density at radius 1 is 1.08 bits per heavy atom. The van der Waals surface area contributed by atoms with Crippen LogP contribution in [0.5, 0.6) is 5.75 Å². The molecule has 3 fully saturated rings. The van der Waals surface area contributed by atoms with Crippen LogP contribution in [0, 0.1) is 23.7 Å². The molecule has 0 amide bonds. The third kappa shape index (κ3) is 2.00. The van der Waals surface area contributed by atoms with Gasteiger partial charge in [0.15, 0.2) is 5.82 Å². The monoisotopic (exact) mass is 322 g/mol. The van der Waals surface area contributed by atoms with E-state index in [9.17, 15) is 5.11 Å². The van der Waals surface area contributed by atoms with Crippen LogP contribution in [0.1, 0.15) is 19.3 Å². The van der Waals surface area contributed by atoms with E-state index in [1.807, 2.05) is 24.3 Å². The van der Waals surface area contributed by atoms with Crippen LogP contribution in [-0.2, 0) is 0 Å². The number of aromatic hydroxyl groups is 1. The first-order chi connectivity index (χ1) is 11.7. The minimum Gasteiger partial charge on any atom is -0.507 e. The zero-order valence-electron chi connectivity index (χ0n) is 13.6. The van der Waals surface area contributed by atoms with Crippen molar-refractivity contribution < 1.29 is 5.11 Å². The third-order valence-corrected chi connectivity index (χ3v) is 6.39. The highest BCUT2D eigenvalue weighted by Gasteiger charge is 2.54. The number of hydrogen-bond donors (Lipinski definition) is 2. The third-order valence-electron chi connectivity index (χ3n) is 6.39. The molecule has 1 saturated heterocycles. The van der Waals surface area contributed by atoms with Gasteiger partial charge in [0, 0.05) is 18.7 Å². The van der Waals surface area contributed by atoms with E-state index in [1.165, 1.54) is 19.3 Å². The molecule has 4 unspecified atom stereocenters. The van der Waals surface area contributed by atoms with Gasteiger partial charge in [-0.2, -0.15) is 0 Å². The SMILES string of the molecule is Nc1nnc(-c2ccccc2O)cc1N1CCC2CC3CC(C1)C23. The van der Waals surface area contributed by atoms with E-state index >= 15 is 0 Å². The van der Waals surface area contributed by atoms with Gasteiger partial charge in [0.2, 0.25) is 0 Å². The molecular formula is C19H22N4O. The topological polar surface area (TPSA) is 75.3 Å². The molecule has 124 valence electrons. The number of phenols is 1. The molecule has 5 heteroatoms. The number of phenolic OH excluding ortho intramolecular Hbond substituents is 1. The Labute approximate surface area is 141 Å². The van der Waals surface area contributed by atoms with Crippen LogP contribution >= 0.6 is 0 Å². The minimum absolute atomic E-state index is 0.221. The van der Waals surface area contributed by atoms with Gasteiger partial charge in [-0.3, -0.25) is 0 Å². The second-order valence-electron chi connectivity index (χ2n) is 7.58. The van der Waals surface area contributed by atoms with Gasteiger partial charge in [0.05, 0.1) is 11.4 Å². The van der Waals surface area contributed by atoms with Crippen LogP contribution in [0.15, 0.2) is 30.3 Å². The Bertz CT molecular complexity index is 793. The predicted molar refractivity (Wildman–Crippen MR) is 93.6 cm³/mol. The maximum atomic E-state index is 10.1. The fourth-order valence-corrected chi connectivity index (χ4v) is 5.15. The number of hydrogen-bond acceptors (Lipinski definition) is 5. The van der Waals surface area contributed by atoms with E-state index in [0.717, 1.165) is 42.4 Å². The molecule has 0 radical (unpaired) electrons. The lowest BCUT2D eigenvalue weighted by molar-refractivity contribution is -0.0786. The molecule has 1 aliphatic heterocycles. The molecule has 2 saturated carbocycles. The van der Waals surface area contributed by atoms with Crippen molar-refractivity contribution >= 4 is 11.5 Å². The van der Waals surface area contributed by atoms with Gasteiger partial charge in [-0.25, -0.2) is 0 Å². The van der Waals surface area contributed by atoms with Crippen molar-refractivity contribution in [2.45, 2.75) is 19.3 Å². The highest BCUT2D eigenvalue weighted by molar-refractivity contribution is 5.74. The molecule has 2 heterocycles. The normalized spacial score (nSPS) is 30.8. The van der Waals surface area contributed by atoms with Crippen LogP contribution in [-0.4, -0.2) is 28.4 Å². The molecule has 0 spiro atoms. The first-order valence-electron chi connectivity index (χ1n) is 8.87. The van der Waals surface area contributed by atoms with Crippen molar-refractivity contribution in [3.8, 4) is 17.0 Å². The van der Waals surface area contributed by atoms with Crippen molar-refractivity contribution in [2.75, 3.05) is 23.7 Å². The van der Waals surface area contributed by atoms with E-state index in [1.54, 1.807) is 6.07 Å². The minimum atomic E-state index is 0.221. The summed E-state index contributed by atoms with van der Waals surface area (Å²) >= 11 is 0. The fraction of sp³-hybridized carbons (Fsp3) is 0.474. The van der Waals surface area contributed by atoms with Gasteiger partial charge in [-0.05, 0) is 61.1 Å². The molecule has 0 bridgehead atoms. The van der Waals surface area contributed by atoms with Gasteiger partial charge in [-0.15, -0.1) is 10.2 Å². The lowest BCUT2D eigenvalue weighted by Crippen LogP contribution is -2.52. The van der Waals surface area contributed by atoms with E-state index in [2.05, 4.69) is 15.1 Å². The largest absolute Gasteiger partial charge is 0.507 e. The Kier molecular flexibility index (Phi) is 2.99. The summed E-state index contributed by atoms with van der Waals surface area (Å²) < 4.78 is 0. The number of nitrogens with zero attached hydrogens (tertiary/aromatic N) is 3. The first kappa shape index (κ1) is 14.1. The number of nitrogens with two attached hydrogens (primary N) is 1. The maximum Gasteiger partial charge on any atom is 0.169 e. The summed E-state index contributed by atoms with van der Waals surface area (Å²) in [6.07, 6.45) is 4.07. The summed E-state index contributed by atoms with van der Waals surface area (Å²) in [7, 11) is 0. The molecule has 24 heavy (non-hydrogen) atoms. The molecule has 3 aliphatic rings. The van der Waals surface area contributed by atoms with Gasteiger partial charge < -0.3 is 15.7 Å². The summed E-state index contributed by atoms with van der Waals surface area (Å²) in [6, 6.07) is 9.22. The Hall–Kier alpha value is -2.30.